The summed E-state index contributed by atoms with van der Waals surface area (Å²) >= 11 is 0. The zero-order valence-corrected chi connectivity index (χ0v) is 17.4. The summed E-state index contributed by atoms with van der Waals surface area (Å²) in [5.41, 5.74) is 5.13. The number of carbonyl (C=O) groups is 3. The molecule has 0 amide bonds. The van der Waals surface area contributed by atoms with E-state index in [0.717, 1.165) is 19.3 Å². The summed E-state index contributed by atoms with van der Waals surface area (Å²) in [6.45, 7) is 1.85. The molecule has 0 aliphatic rings. The van der Waals surface area contributed by atoms with Gasteiger partial charge in [0.25, 0.3) is 10.1 Å². The first-order valence-corrected chi connectivity index (χ1v) is 11.3. The van der Waals surface area contributed by atoms with Gasteiger partial charge in [0.05, 0.1) is 6.42 Å². The molecule has 168 valence electrons. The fourth-order valence-corrected chi connectivity index (χ4v) is 3.17. The monoisotopic (exact) mass is 471 g/mol. The third kappa shape index (κ3) is 19.2. The van der Waals surface area contributed by atoms with Gasteiger partial charge >= 0.3 is 77.0 Å². The summed E-state index contributed by atoms with van der Waals surface area (Å²) in [7, 11) is -4.89. The minimum atomic E-state index is -4.89. The van der Waals surface area contributed by atoms with Crippen molar-refractivity contribution in [2.75, 3.05) is 13.2 Å². The second-order valence-electron chi connectivity index (χ2n) is 6.59. The van der Waals surface area contributed by atoms with Crippen LogP contribution in [0.4, 0.5) is 0 Å². The van der Waals surface area contributed by atoms with Gasteiger partial charge in [-0.15, -0.1) is 0 Å². The van der Waals surface area contributed by atoms with Gasteiger partial charge in [-0.1, -0.05) is 58.3 Å². The summed E-state index contributed by atoms with van der Waals surface area (Å²) in [6, 6.07) is 0. The molecule has 0 heterocycles. The first-order chi connectivity index (χ1) is 13.2. The van der Waals surface area contributed by atoms with Gasteiger partial charge in [0.1, 0.15) is 6.61 Å². The maximum absolute atomic E-state index is 11.7. The quantitative estimate of drug-likeness (QED) is 0.110. The van der Waals surface area contributed by atoms with Crippen molar-refractivity contribution in [2.24, 2.45) is 5.73 Å². The van der Waals surface area contributed by atoms with Gasteiger partial charge in [-0.25, -0.2) is 0 Å². The Bertz CT molecular complexity index is 587. The molecule has 0 fully saturated rings. The molecule has 0 radical (unpaired) electrons. The van der Waals surface area contributed by atoms with Gasteiger partial charge in [0.2, 0.25) is 0 Å². The fourth-order valence-electron chi connectivity index (χ4n) is 2.51. The van der Waals surface area contributed by atoms with Gasteiger partial charge < -0.3 is 15.2 Å². The second kappa shape index (κ2) is 21.3. The Morgan fingerprint density at radius 3 is 1.87 bits per heavy atom. The molecule has 0 saturated heterocycles. The molecule has 3 N–H and O–H groups in total. The SMILES string of the molecule is CCCCCCCCCCCC(=O)OC(=O)CC(C(=O)OCCN)S(=O)(=O)O.[NaH].[NaH]. The van der Waals surface area contributed by atoms with Crippen LogP contribution in [0.3, 0.4) is 0 Å². The van der Waals surface area contributed by atoms with Crippen LogP contribution in [0.15, 0.2) is 0 Å². The van der Waals surface area contributed by atoms with Gasteiger partial charge in [0.15, 0.2) is 5.25 Å². The van der Waals surface area contributed by atoms with Crippen LogP contribution in [-0.2, 0) is 34.0 Å². The van der Waals surface area contributed by atoms with Crippen LogP contribution >= 0.6 is 0 Å². The van der Waals surface area contributed by atoms with Gasteiger partial charge in [-0.2, -0.15) is 8.42 Å². The zero-order valence-electron chi connectivity index (χ0n) is 16.6. The number of unbranched alkanes of at least 4 members (excludes halogenated alkanes) is 8. The van der Waals surface area contributed by atoms with Crippen molar-refractivity contribution in [1.29, 1.82) is 0 Å². The molecule has 1 atom stereocenters. The second-order valence-corrected chi connectivity index (χ2v) is 8.19. The van der Waals surface area contributed by atoms with E-state index in [2.05, 4.69) is 16.4 Å². The average molecular weight is 472 g/mol. The molecule has 0 spiro atoms. The first-order valence-electron chi connectivity index (χ1n) is 9.78. The third-order valence-corrected chi connectivity index (χ3v) is 5.13. The first kappa shape index (κ1) is 35.1. The Kier molecular flexibility index (Phi) is 24.9. The van der Waals surface area contributed by atoms with Crippen molar-refractivity contribution >= 4 is 87.1 Å². The molecular formula is C18H35NNa2O8S. The fraction of sp³-hybridized carbons (Fsp3) is 0.833. The number of hydrogen-bond acceptors (Lipinski definition) is 8. The van der Waals surface area contributed by atoms with Crippen LogP contribution in [0.2, 0.25) is 0 Å². The molecule has 0 aromatic carbocycles. The molecule has 1 unspecified atom stereocenters. The number of ether oxygens (including phenoxy) is 2. The van der Waals surface area contributed by atoms with Gasteiger partial charge in [0, 0.05) is 13.0 Å². The van der Waals surface area contributed by atoms with E-state index in [9.17, 15) is 22.8 Å². The Labute approximate surface area is 223 Å². The zero-order chi connectivity index (χ0) is 21.4. The predicted molar refractivity (Wildman–Crippen MR) is 117 cm³/mol. The molecule has 0 rings (SSSR count). The van der Waals surface area contributed by atoms with Crippen molar-refractivity contribution in [3.05, 3.63) is 0 Å². The number of carbonyl (C=O) groups excluding carboxylic acids is 3. The standard InChI is InChI=1S/C18H33NO8S.2Na.2H/c1-2-3-4-5-6-7-8-9-10-11-16(20)27-17(21)14-15(28(23,24)25)18(22)26-13-12-19;;;;/h15H,2-14,19H2,1H3,(H,23,24,25);;;;. The summed E-state index contributed by atoms with van der Waals surface area (Å²) in [4.78, 5) is 35.0. The Hall–Kier alpha value is 0.480. The summed E-state index contributed by atoms with van der Waals surface area (Å²) in [5.74, 6) is -3.33. The van der Waals surface area contributed by atoms with Gasteiger partial charge in [-0.05, 0) is 6.42 Å². The number of esters is 3. The summed E-state index contributed by atoms with van der Waals surface area (Å²) < 4.78 is 40.6. The third-order valence-electron chi connectivity index (χ3n) is 4.05. The number of rotatable bonds is 16. The Morgan fingerprint density at radius 2 is 1.40 bits per heavy atom. The Morgan fingerprint density at radius 1 is 0.900 bits per heavy atom. The van der Waals surface area contributed by atoms with E-state index in [4.69, 9.17) is 10.3 Å². The average Bonchev–Trinajstić information content (AvgIpc) is 2.61. The molecule has 0 aromatic rings. The molecule has 0 aromatic heterocycles. The van der Waals surface area contributed by atoms with Crippen LogP contribution in [0.25, 0.3) is 0 Å². The summed E-state index contributed by atoms with van der Waals surface area (Å²) in [5, 5.41) is -2.15. The summed E-state index contributed by atoms with van der Waals surface area (Å²) in [6.07, 6.45) is 8.58. The van der Waals surface area contributed by atoms with Crippen LogP contribution in [0.1, 0.15) is 77.6 Å². The van der Waals surface area contributed by atoms with E-state index in [1.165, 1.54) is 32.1 Å². The van der Waals surface area contributed by atoms with E-state index >= 15 is 0 Å². The van der Waals surface area contributed by atoms with Crippen molar-refractivity contribution in [3.63, 3.8) is 0 Å². The van der Waals surface area contributed by atoms with Crippen LogP contribution in [0.5, 0.6) is 0 Å². The molecule has 0 aliphatic carbocycles. The molecule has 0 aliphatic heterocycles. The van der Waals surface area contributed by atoms with E-state index in [0.29, 0.717) is 6.42 Å². The number of hydrogen-bond donors (Lipinski definition) is 2. The Balaban J connectivity index is -0.00000364. The van der Waals surface area contributed by atoms with Crippen LogP contribution < -0.4 is 5.73 Å². The normalized spacial score (nSPS) is 11.6. The van der Waals surface area contributed by atoms with E-state index in [1.54, 1.807) is 0 Å². The maximum atomic E-state index is 11.7. The predicted octanol–water partition coefficient (Wildman–Crippen LogP) is 0.829. The van der Waals surface area contributed by atoms with Crippen LogP contribution in [0, 0.1) is 0 Å². The van der Waals surface area contributed by atoms with Gasteiger partial charge in [-0.3, -0.25) is 18.9 Å². The minimum absolute atomic E-state index is 0. The molecule has 30 heavy (non-hydrogen) atoms. The van der Waals surface area contributed by atoms with Crippen LogP contribution in [-0.4, -0.2) is 108 Å². The van der Waals surface area contributed by atoms with E-state index in [1.807, 2.05) is 0 Å². The topological polar surface area (TPSA) is 150 Å². The van der Waals surface area contributed by atoms with Crippen molar-refractivity contribution in [3.8, 4) is 0 Å². The van der Waals surface area contributed by atoms with E-state index in [-0.39, 0.29) is 78.7 Å². The molecule has 0 bridgehead atoms. The molecule has 9 nitrogen and oxygen atoms in total. The van der Waals surface area contributed by atoms with Crippen molar-refractivity contribution < 1.29 is 36.8 Å². The number of nitrogens with two attached hydrogens (primary N) is 1. The molecular weight excluding hydrogens is 436 g/mol. The molecule has 0 saturated carbocycles. The van der Waals surface area contributed by atoms with E-state index < -0.39 is 39.7 Å². The van der Waals surface area contributed by atoms with Crippen molar-refractivity contribution in [2.45, 2.75) is 82.8 Å². The van der Waals surface area contributed by atoms with Crippen molar-refractivity contribution in [1.82, 2.24) is 0 Å². The molecule has 12 heteroatoms.